The lowest BCUT2D eigenvalue weighted by atomic mass is 9.86. The number of urea groups is 1. The largest absolute Gasteiger partial charge is 0.391 e. The van der Waals surface area contributed by atoms with E-state index in [1.54, 1.807) is 25.2 Å². The highest BCUT2D eigenvalue weighted by Gasteiger charge is 2.55. The number of β-amino-alcohol motifs (C(OH)–C–C–N with tert-alkyl or cyclic N) is 1. The Hall–Kier alpha value is -2.42. The molecule has 146 valence electrons. The molecule has 0 bridgehead atoms. The maximum atomic E-state index is 12.6. The number of anilines is 2. The van der Waals surface area contributed by atoms with Gasteiger partial charge >= 0.3 is 6.03 Å². The van der Waals surface area contributed by atoms with E-state index in [-0.39, 0.29) is 18.0 Å². The van der Waals surface area contributed by atoms with Crippen LogP contribution in [0, 0.1) is 0 Å². The number of carbonyl (C=O) groups is 2. The third-order valence-corrected chi connectivity index (χ3v) is 6.14. The summed E-state index contributed by atoms with van der Waals surface area (Å²) < 4.78 is 0. The Balaban J connectivity index is 1.48. The molecule has 4 heterocycles. The number of aromatic nitrogens is 2. The van der Waals surface area contributed by atoms with Crippen LogP contribution in [0.4, 0.5) is 16.6 Å². The second kappa shape index (κ2) is 6.63. The van der Waals surface area contributed by atoms with Crippen LogP contribution < -0.4 is 9.80 Å². The SMILES string of the molecule is CN1C(=O)N(C)C2(CCN(c3nccc(N4CCCC(O)C4)n3)CC2)C1=O. The lowest BCUT2D eigenvalue weighted by Gasteiger charge is -2.41. The molecule has 3 saturated heterocycles. The number of hydrogen-bond donors (Lipinski definition) is 1. The summed E-state index contributed by atoms with van der Waals surface area (Å²) in [6.07, 6.45) is 4.33. The average molecular weight is 374 g/mol. The molecule has 9 nitrogen and oxygen atoms in total. The van der Waals surface area contributed by atoms with Crippen LogP contribution in [0.25, 0.3) is 0 Å². The lowest BCUT2D eigenvalue weighted by molar-refractivity contribution is -0.133. The smallest absolute Gasteiger partial charge is 0.327 e. The van der Waals surface area contributed by atoms with Crippen molar-refractivity contribution < 1.29 is 14.7 Å². The van der Waals surface area contributed by atoms with E-state index in [9.17, 15) is 14.7 Å². The summed E-state index contributed by atoms with van der Waals surface area (Å²) in [5.41, 5.74) is -0.739. The predicted molar refractivity (Wildman–Crippen MR) is 99.6 cm³/mol. The van der Waals surface area contributed by atoms with Crippen molar-refractivity contribution in [2.75, 3.05) is 50.1 Å². The summed E-state index contributed by atoms with van der Waals surface area (Å²) in [7, 11) is 3.25. The Labute approximate surface area is 158 Å². The van der Waals surface area contributed by atoms with Gasteiger partial charge in [-0.05, 0) is 31.7 Å². The molecule has 1 aromatic rings. The van der Waals surface area contributed by atoms with Crippen molar-refractivity contribution in [1.82, 2.24) is 19.8 Å². The van der Waals surface area contributed by atoms with Crippen LogP contribution in [-0.2, 0) is 4.79 Å². The molecule has 1 atom stereocenters. The molecule has 3 aliphatic rings. The van der Waals surface area contributed by atoms with Crippen molar-refractivity contribution in [3.05, 3.63) is 12.3 Å². The topological polar surface area (TPSA) is 93.1 Å². The number of amides is 3. The van der Waals surface area contributed by atoms with Crippen molar-refractivity contribution in [3.63, 3.8) is 0 Å². The molecule has 1 spiro atoms. The van der Waals surface area contributed by atoms with E-state index < -0.39 is 5.54 Å². The van der Waals surface area contributed by atoms with Gasteiger partial charge in [0.2, 0.25) is 5.95 Å². The predicted octanol–water partition coefficient (Wildman–Crippen LogP) is 0.300. The highest BCUT2D eigenvalue weighted by atomic mass is 16.3. The molecule has 0 aliphatic carbocycles. The van der Waals surface area contributed by atoms with E-state index in [1.165, 1.54) is 4.90 Å². The molecular formula is C18H26N6O3. The summed E-state index contributed by atoms with van der Waals surface area (Å²) in [5.74, 6) is 1.34. The van der Waals surface area contributed by atoms with Gasteiger partial charge in [-0.25, -0.2) is 9.78 Å². The number of nitrogens with zero attached hydrogens (tertiary/aromatic N) is 6. The van der Waals surface area contributed by atoms with E-state index in [2.05, 4.69) is 14.8 Å². The molecule has 3 aliphatic heterocycles. The molecule has 1 aromatic heterocycles. The first-order chi connectivity index (χ1) is 12.9. The van der Waals surface area contributed by atoms with Gasteiger partial charge in [0.15, 0.2) is 0 Å². The summed E-state index contributed by atoms with van der Waals surface area (Å²) in [6, 6.07) is 1.63. The Bertz CT molecular complexity index is 748. The molecule has 1 unspecified atom stereocenters. The van der Waals surface area contributed by atoms with Crippen LogP contribution >= 0.6 is 0 Å². The first kappa shape index (κ1) is 18.0. The van der Waals surface area contributed by atoms with Gasteiger partial charge in [0.05, 0.1) is 6.10 Å². The van der Waals surface area contributed by atoms with Crippen LogP contribution in [0.15, 0.2) is 12.3 Å². The third kappa shape index (κ3) is 2.90. The van der Waals surface area contributed by atoms with Crippen molar-refractivity contribution in [3.8, 4) is 0 Å². The highest BCUT2D eigenvalue weighted by molar-refractivity contribution is 6.06. The molecule has 3 amide bonds. The van der Waals surface area contributed by atoms with Crippen molar-refractivity contribution >= 4 is 23.7 Å². The molecule has 27 heavy (non-hydrogen) atoms. The molecule has 1 N–H and O–H groups in total. The molecular weight excluding hydrogens is 348 g/mol. The minimum absolute atomic E-state index is 0.119. The number of aliphatic hydroxyl groups is 1. The number of piperidine rings is 2. The average Bonchev–Trinajstić information content (AvgIpc) is 2.85. The normalized spacial score (nSPS) is 25.7. The van der Waals surface area contributed by atoms with Gasteiger partial charge in [0, 0.05) is 46.5 Å². The monoisotopic (exact) mass is 374 g/mol. The van der Waals surface area contributed by atoms with Crippen LogP contribution in [0.3, 0.4) is 0 Å². The molecule has 0 radical (unpaired) electrons. The van der Waals surface area contributed by atoms with Gasteiger partial charge in [-0.15, -0.1) is 0 Å². The second-order valence-electron chi connectivity index (χ2n) is 7.68. The van der Waals surface area contributed by atoms with Crippen LogP contribution in [-0.4, -0.2) is 88.7 Å². The van der Waals surface area contributed by atoms with Gasteiger partial charge in [-0.1, -0.05) is 0 Å². The zero-order chi connectivity index (χ0) is 19.2. The number of imide groups is 1. The van der Waals surface area contributed by atoms with Crippen molar-refractivity contribution in [2.24, 2.45) is 0 Å². The first-order valence-corrected chi connectivity index (χ1v) is 9.49. The maximum absolute atomic E-state index is 12.6. The number of rotatable bonds is 2. The highest BCUT2D eigenvalue weighted by Crippen LogP contribution is 2.36. The molecule has 0 aromatic carbocycles. The maximum Gasteiger partial charge on any atom is 0.327 e. The summed E-state index contributed by atoms with van der Waals surface area (Å²) in [6.45, 7) is 2.70. The zero-order valence-electron chi connectivity index (χ0n) is 15.8. The fourth-order valence-corrected chi connectivity index (χ4v) is 4.41. The van der Waals surface area contributed by atoms with Crippen LogP contribution in [0.2, 0.25) is 0 Å². The quantitative estimate of drug-likeness (QED) is 0.744. The summed E-state index contributed by atoms with van der Waals surface area (Å²) in [5, 5.41) is 9.91. The van der Waals surface area contributed by atoms with Crippen LogP contribution in [0.5, 0.6) is 0 Å². The number of aliphatic hydroxyl groups excluding tert-OH is 1. The summed E-state index contributed by atoms with van der Waals surface area (Å²) >= 11 is 0. The Morgan fingerprint density at radius 3 is 2.52 bits per heavy atom. The van der Waals surface area contributed by atoms with Crippen molar-refractivity contribution in [2.45, 2.75) is 37.3 Å². The Kier molecular flexibility index (Phi) is 4.41. The lowest BCUT2D eigenvalue weighted by Crippen LogP contribution is -2.55. The van der Waals surface area contributed by atoms with E-state index in [1.807, 2.05) is 6.07 Å². The minimum Gasteiger partial charge on any atom is -0.391 e. The molecule has 9 heteroatoms. The van der Waals surface area contributed by atoms with Gasteiger partial charge in [-0.3, -0.25) is 9.69 Å². The zero-order valence-corrected chi connectivity index (χ0v) is 15.8. The Morgan fingerprint density at radius 2 is 1.89 bits per heavy atom. The van der Waals surface area contributed by atoms with Gasteiger partial charge < -0.3 is 19.8 Å². The number of carbonyl (C=O) groups excluding carboxylic acids is 2. The Morgan fingerprint density at radius 1 is 1.15 bits per heavy atom. The van der Waals surface area contributed by atoms with E-state index in [0.29, 0.717) is 38.4 Å². The fourth-order valence-electron chi connectivity index (χ4n) is 4.41. The molecule has 3 fully saturated rings. The standard InChI is InChI=1S/C18H26N6O3/c1-21-15(26)18(22(2)17(21)27)6-10-23(11-7-18)16-19-8-5-14(20-16)24-9-3-4-13(25)12-24/h5,8,13,25H,3-4,6-7,9-12H2,1-2H3. The second-order valence-corrected chi connectivity index (χ2v) is 7.68. The fraction of sp³-hybridized carbons (Fsp3) is 0.667. The van der Waals surface area contributed by atoms with Gasteiger partial charge in [0.1, 0.15) is 11.4 Å². The number of likely N-dealkylation sites (N-methyl/N-ethyl adjacent to an activating group) is 2. The third-order valence-electron chi connectivity index (χ3n) is 6.14. The first-order valence-electron chi connectivity index (χ1n) is 9.49. The number of hydrogen-bond acceptors (Lipinski definition) is 7. The van der Waals surface area contributed by atoms with Crippen LogP contribution in [0.1, 0.15) is 25.7 Å². The van der Waals surface area contributed by atoms with E-state index in [4.69, 9.17) is 4.98 Å². The molecule has 4 rings (SSSR count). The van der Waals surface area contributed by atoms with E-state index >= 15 is 0 Å². The van der Waals surface area contributed by atoms with Crippen molar-refractivity contribution in [1.29, 1.82) is 0 Å². The van der Waals surface area contributed by atoms with E-state index in [0.717, 1.165) is 25.2 Å². The summed E-state index contributed by atoms with van der Waals surface area (Å²) in [4.78, 5) is 40.8. The van der Waals surface area contributed by atoms with Gasteiger partial charge in [-0.2, -0.15) is 4.98 Å². The van der Waals surface area contributed by atoms with Gasteiger partial charge in [0.25, 0.3) is 5.91 Å². The molecule has 0 saturated carbocycles. The minimum atomic E-state index is -0.739.